The van der Waals surface area contributed by atoms with E-state index in [1.807, 2.05) is 0 Å². The molecular formula is C19H36N2. The van der Waals surface area contributed by atoms with Crippen molar-refractivity contribution in [2.45, 2.75) is 90.1 Å². The summed E-state index contributed by atoms with van der Waals surface area (Å²) in [4.78, 5) is 2.83. The number of nitrogens with one attached hydrogen (secondary N) is 1. The third-order valence-corrected chi connectivity index (χ3v) is 6.32. The van der Waals surface area contributed by atoms with Crippen LogP contribution in [0.1, 0.15) is 78.1 Å². The normalized spacial score (nSPS) is 34.6. The standard InChI is InChI=1S/C19H36N2/c1-16-9-12-21(17(2)13-16)15-19(14-20-18-7-8-18)10-5-3-4-6-11-19/h16-18,20H,3-15H2,1-2H3. The Kier molecular flexibility index (Phi) is 5.27. The highest BCUT2D eigenvalue weighted by atomic mass is 15.2. The summed E-state index contributed by atoms with van der Waals surface area (Å²) in [5.74, 6) is 0.936. The third-order valence-electron chi connectivity index (χ3n) is 6.32. The van der Waals surface area contributed by atoms with Crippen LogP contribution in [0.5, 0.6) is 0 Å². The van der Waals surface area contributed by atoms with Crippen molar-refractivity contribution in [1.82, 2.24) is 10.2 Å². The van der Waals surface area contributed by atoms with E-state index >= 15 is 0 Å². The largest absolute Gasteiger partial charge is 0.313 e. The van der Waals surface area contributed by atoms with Crippen LogP contribution in [0.25, 0.3) is 0 Å². The van der Waals surface area contributed by atoms with Gasteiger partial charge in [-0.15, -0.1) is 0 Å². The maximum atomic E-state index is 3.88. The van der Waals surface area contributed by atoms with E-state index in [0.717, 1.165) is 18.0 Å². The van der Waals surface area contributed by atoms with E-state index in [9.17, 15) is 0 Å². The van der Waals surface area contributed by atoms with Crippen molar-refractivity contribution in [3.8, 4) is 0 Å². The van der Waals surface area contributed by atoms with Crippen LogP contribution in [-0.4, -0.2) is 36.6 Å². The van der Waals surface area contributed by atoms with Crippen molar-refractivity contribution in [3.63, 3.8) is 0 Å². The van der Waals surface area contributed by atoms with Gasteiger partial charge in [-0.05, 0) is 63.3 Å². The van der Waals surface area contributed by atoms with Crippen molar-refractivity contribution < 1.29 is 0 Å². The fourth-order valence-corrected chi connectivity index (χ4v) is 4.64. The van der Waals surface area contributed by atoms with Crippen LogP contribution in [0.4, 0.5) is 0 Å². The van der Waals surface area contributed by atoms with E-state index in [2.05, 4.69) is 24.1 Å². The maximum absolute atomic E-state index is 3.88. The zero-order valence-electron chi connectivity index (χ0n) is 14.4. The molecule has 2 aliphatic carbocycles. The molecule has 1 saturated heterocycles. The fraction of sp³-hybridized carbons (Fsp3) is 1.00. The lowest BCUT2D eigenvalue weighted by Gasteiger charge is -2.44. The third kappa shape index (κ3) is 4.45. The highest BCUT2D eigenvalue weighted by molar-refractivity contribution is 4.92. The molecule has 2 nitrogen and oxygen atoms in total. The van der Waals surface area contributed by atoms with Crippen molar-refractivity contribution in [2.75, 3.05) is 19.6 Å². The lowest BCUT2D eigenvalue weighted by molar-refractivity contribution is 0.0604. The predicted octanol–water partition coefficient (Wildman–Crippen LogP) is 4.20. The number of likely N-dealkylation sites (tertiary alicyclic amines) is 1. The molecule has 0 aromatic heterocycles. The molecular weight excluding hydrogens is 256 g/mol. The first-order valence-electron chi connectivity index (χ1n) is 9.64. The van der Waals surface area contributed by atoms with Gasteiger partial charge in [0, 0.05) is 25.2 Å². The van der Waals surface area contributed by atoms with Gasteiger partial charge in [0.1, 0.15) is 0 Å². The molecule has 2 atom stereocenters. The Morgan fingerprint density at radius 2 is 1.71 bits per heavy atom. The van der Waals surface area contributed by atoms with Crippen LogP contribution in [0, 0.1) is 11.3 Å². The first kappa shape index (κ1) is 15.8. The van der Waals surface area contributed by atoms with E-state index in [-0.39, 0.29) is 0 Å². The maximum Gasteiger partial charge on any atom is 0.00697 e. The highest BCUT2D eigenvalue weighted by Gasteiger charge is 2.36. The van der Waals surface area contributed by atoms with Crippen LogP contribution < -0.4 is 5.32 Å². The zero-order valence-corrected chi connectivity index (χ0v) is 14.4. The van der Waals surface area contributed by atoms with Gasteiger partial charge in [-0.2, -0.15) is 0 Å². The van der Waals surface area contributed by atoms with E-state index in [0.29, 0.717) is 5.41 Å². The first-order valence-corrected chi connectivity index (χ1v) is 9.64. The topological polar surface area (TPSA) is 15.3 Å². The molecule has 0 radical (unpaired) electrons. The molecule has 3 fully saturated rings. The molecule has 2 heteroatoms. The molecule has 0 amide bonds. The van der Waals surface area contributed by atoms with E-state index in [4.69, 9.17) is 0 Å². The van der Waals surface area contributed by atoms with Crippen molar-refractivity contribution in [2.24, 2.45) is 11.3 Å². The SMILES string of the molecule is CC1CCN(CC2(CNC3CC3)CCCCCC2)C(C)C1. The minimum atomic E-state index is 0.577. The van der Waals surface area contributed by atoms with Gasteiger partial charge < -0.3 is 10.2 Å². The average molecular weight is 293 g/mol. The molecule has 21 heavy (non-hydrogen) atoms. The summed E-state index contributed by atoms with van der Waals surface area (Å²) in [5.41, 5.74) is 0.577. The molecule has 3 aliphatic rings. The van der Waals surface area contributed by atoms with E-state index < -0.39 is 0 Å². The number of piperidine rings is 1. The summed E-state index contributed by atoms with van der Waals surface area (Å²) < 4.78 is 0. The van der Waals surface area contributed by atoms with Gasteiger partial charge in [0.05, 0.1) is 0 Å². The number of hydrogen-bond donors (Lipinski definition) is 1. The lowest BCUT2D eigenvalue weighted by Crippen LogP contribution is -2.49. The number of hydrogen-bond acceptors (Lipinski definition) is 2. The summed E-state index contributed by atoms with van der Waals surface area (Å²) in [6.07, 6.45) is 14.5. The number of nitrogens with zero attached hydrogens (tertiary/aromatic N) is 1. The van der Waals surface area contributed by atoms with Gasteiger partial charge >= 0.3 is 0 Å². The smallest absolute Gasteiger partial charge is 0.00697 e. The van der Waals surface area contributed by atoms with Gasteiger partial charge in [-0.25, -0.2) is 0 Å². The summed E-state index contributed by atoms with van der Waals surface area (Å²) >= 11 is 0. The molecule has 2 saturated carbocycles. The Hall–Kier alpha value is -0.0800. The van der Waals surface area contributed by atoms with Crippen LogP contribution in [-0.2, 0) is 0 Å². The molecule has 1 aliphatic heterocycles. The molecule has 0 aromatic rings. The van der Waals surface area contributed by atoms with Crippen LogP contribution in [0.15, 0.2) is 0 Å². The Morgan fingerprint density at radius 3 is 2.33 bits per heavy atom. The minimum Gasteiger partial charge on any atom is -0.313 e. The summed E-state index contributed by atoms with van der Waals surface area (Å²) in [5, 5.41) is 3.88. The van der Waals surface area contributed by atoms with Gasteiger partial charge in [-0.1, -0.05) is 32.6 Å². The van der Waals surface area contributed by atoms with E-state index in [1.165, 1.54) is 83.8 Å². The fourth-order valence-electron chi connectivity index (χ4n) is 4.64. The van der Waals surface area contributed by atoms with Gasteiger partial charge in [0.2, 0.25) is 0 Å². The number of rotatable bonds is 5. The van der Waals surface area contributed by atoms with Gasteiger partial charge in [0.15, 0.2) is 0 Å². The van der Waals surface area contributed by atoms with Crippen molar-refractivity contribution >= 4 is 0 Å². The molecule has 1 heterocycles. The van der Waals surface area contributed by atoms with E-state index in [1.54, 1.807) is 0 Å². The quantitative estimate of drug-likeness (QED) is 0.764. The Bertz CT molecular complexity index is 316. The summed E-state index contributed by atoms with van der Waals surface area (Å²) in [7, 11) is 0. The predicted molar refractivity (Wildman–Crippen MR) is 90.6 cm³/mol. The molecule has 0 spiro atoms. The Morgan fingerprint density at radius 1 is 1.00 bits per heavy atom. The Labute approximate surface area is 132 Å². The second-order valence-electron chi connectivity index (χ2n) is 8.52. The summed E-state index contributed by atoms with van der Waals surface area (Å²) in [6, 6.07) is 1.67. The van der Waals surface area contributed by atoms with Gasteiger partial charge in [0.25, 0.3) is 0 Å². The first-order chi connectivity index (χ1) is 10.2. The molecule has 0 aromatic carbocycles. The molecule has 122 valence electrons. The minimum absolute atomic E-state index is 0.577. The average Bonchev–Trinajstić information content (AvgIpc) is 3.28. The van der Waals surface area contributed by atoms with Crippen LogP contribution in [0.2, 0.25) is 0 Å². The monoisotopic (exact) mass is 292 g/mol. The highest BCUT2D eigenvalue weighted by Crippen LogP contribution is 2.38. The molecule has 1 N–H and O–H groups in total. The molecule has 0 bridgehead atoms. The van der Waals surface area contributed by atoms with Crippen molar-refractivity contribution in [3.05, 3.63) is 0 Å². The zero-order chi connectivity index (χ0) is 14.7. The second-order valence-corrected chi connectivity index (χ2v) is 8.52. The van der Waals surface area contributed by atoms with Crippen LogP contribution >= 0.6 is 0 Å². The van der Waals surface area contributed by atoms with Crippen molar-refractivity contribution in [1.29, 1.82) is 0 Å². The molecule has 3 rings (SSSR count). The molecule has 2 unspecified atom stereocenters. The van der Waals surface area contributed by atoms with Gasteiger partial charge in [-0.3, -0.25) is 0 Å². The lowest BCUT2D eigenvalue weighted by atomic mass is 9.78. The van der Waals surface area contributed by atoms with Crippen LogP contribution in [0.3, 0.4) is 0 Å². The Balaban J connectivity index is 1.62. The summed E-state index contributed by atoms with van der Waals surface area (Å²) in [6.45, 7) is 8.89. The second kappa shape index (κ2) is 7.00.